The molecule has 3 aromatic rings. The van der Waals surface area contributed by atoms with E-state index in [4.69, 9.17) is 43.1 Å². The highest BCUT2D eigenvalue weighted by Gasteiger charge is 2.29. The van der Waals surface area contributed by atoms with Gasteiger partial charge in [0.15, 0.2) is 0 Å². The molecule has 0 saturated carbocycles. The SMILES string of the molecule is NCCOCCOCCC(=O)NC1CCc2c(-c3cnn(C4CCCCO4)c3)c3ccc(Cl)c(Cl)c3n2C1. The summed E-state index contributed by atoms with van der Waals surface area (Å²) in [6.45, 7) is 3.65. The quantitative estimate of drug-likeness (QED) is 0.336. The fraction of sp³-hybridized carbons (Fsp3) is 0.556. The van der Waals surface area contributed by atoms with Gasteiger partial charge in [0.2, 0.25) is 5.91 Å². The molecular formula is C27H35Cl2N5O4. The molecule has 11 heteroatoms. The first-order valence-corrected chi connectivity index (χ1v) is 14.1. The number of nitrogens with zero attached hydrogens (tertiary/aromatic N) is 3. The average Bonchev–Trinajstić information content (AvgIpc) is 3.53. The summed E-state index contributed by atoms with van der Waals surface area (Å²) in [4.78, 5) is 12.6. The lowest BCUT2D eigenvalue weighted by Gasteiger charge is -2.27. The van der Waals surface area contributed by atoms with E-state index < -0.39 is 0 Å². The molecule has 9 nitrogen and oxygen atoms in total. The molecule has 1 fully saturated rings. The highest BCUT2D eigenvalue weighted by atomic mass is 35.5. The molecule has 2 aliphatic heterocycles. The van der Waals surface area contributed by atoms with Crippen LogP contribution in [-0.2, 0) is 32.0 Å². The Morgan fingerprint density at radius 1 is 1.16 bits per heavy atom. The Kier molecular flexibility index (Phi) is 9.24. The van der Waals surface area contributed by atoms with Crippen molar-refractivity contribution in [1.29, 1.82) is 0 Å². The molecule has 38 heavy (non-hydrogen) atoms. The Morgan fingerprint density at radius 3 is 2.79 bits per heavy atom. The first-order chi connectivity index (χ1) is 18.6. The second kappa shape index (κ2) is 12.8. The second-order valence-electron chi connectivity index (χ2n) is 9.79. The van der Waals surface area contributed by atoms with Crippen LogP contribution >= 0.6 is 23.2 Å². The van der Waals surface area contributed by atoms with E-state index in [1.807, 2.05) is 23.0 Å². The molecule has 0 bridgehead atoms. The van der Waals surface area contributed by atoms with Gasteiger partial charge in [0.1, 0.15) is 6.23 Å². The van der Waals surface area contributed by atoms with Gasteiger partial charge in [-0.05, 0) is 38.2 Å². The number of hydrogen-bond donors (Lipinski definition) is 2. The summed E-state index contributed by atoms with van der Waals surface area (Å²) in [6, 6.07) is 3.86. The number of nitrogens with two attached hydrogens (primary N) is 1. The minimum absolute atomic E-state index is 0.0141. The number of fused-ring (bicyclic) bond motifs is 3. The van der Waals surface area contributed by atoms with Crippen molar-refractivity contribution in [1.82, 2.24) is 19.7 Å². The summed E-state index contributed by atoms with van der Waals surface area (Å²) >= 11 is 13.2. The van der Waals surface area contributed by atoms with Crippen LogP contribution in [0, 0.1) is 0 Å². The van der Waals surface area contributed by atoms with Gasteiger partial charge in [-0.25, -0.2) is 4.68 Å². The molecule has 1 aromatic carbocycles. The summed E-state index contributed by atoms with van der Waals surface area (Å²) in [7, 11) is 0. The lowest BCUT2D eigenvalue weighted by molar-refractivity contribution is -0.123. The Bertz CT molecular complexity index is 1250. The molecule has 4 heterocycles. The number of aromatic nitrogens is 3. The second-order valence-corrected chi connectivity index (χ2v) is 10.6. The van der Waals surface area contributed by atoms with Crippen LogP contribution in [0.15, 0.2) is 24.5 Å². The molecule has 1 amide bonds. The van der Waals surface area contributed by atoms with E-state index in [2.05, 4.69) is 21.2 Å². The topological polar surface area (TPSA) is 106 Å². The Hall–Kier alpha value is -2.14. The predicted molar refractivity (Wildman–Crippen MR) is 148 cm³/mol. The third-order valence-electron chi connectivity index (χ3n) is 7.17. The summed E-state index contributed by atoms with van der Waals surface area (Å²) in [6.07, 6.45) is 9.07. The van der Waals surface area contributed by atoms with Crippen molar-refractivity contribution in [3.8, 4) is 11.1 Å². The molecule has 3 N–H and O–H groups in total. The number of hydrogen-bond acceptors (Lipinski definition) is 6. The Balaban J connectivity index is 1.31. The minimum atomic E-state index is -0.0316. The number of nitrogens with one attached hydrogen (secondary N) is 1. The standard InChI is InChI=1S/C27H35Cl2N5O4/c28-21-6-5-20-25(18-15-31-34(16-18)24-3-1-2-10-38-24)22-7-4-19(17-33(22)27(20)26(21)29)32-23(35)8-11-36-13-14-37-12-9-30/h5-6,15-16,19,24H,1-4,7-14,17,30H2,(H,32,35). The summed E-state index contributed by atoms with van der Waals surface area (Å²) in [5, 5.41) is 9.89. The van der Waals surface area contributed by atoms with Crippen molar-refractivity contribution in [2.45, 2.75) is 57.3 Å². The van der Waals surface area contributed by atoms with Gasteiger partial charge in [0, 0.05) is 60.6 Å². The van der Waals surface area contributed by atoms with E-state index in [0.717, 1.165) is 60.7 Å². The van der Waals surface area contributed by atoms with Crippen molar-refractivity contribution in [2.24, 2.45) is 5.73 Å². The maximum Gasteiger partial charge on any atom is 0.222 e. The van der Waals surface area contributed by atoms with E-state index in [-0.39, 0.29) is 18.2 Å². The maximum absolute atomic E-state index is 12.6. The van der Waals surface area contributed by atoms with E-state index in [1.54, 1.807) is 0 Å². The number of carbonyl (C=O) groups is 1. The molecule has 2 aromatic heterocycles. The van der Waals surface area contributed by atoms with Gasteiger partial charge in [-0.3, -0.25) is 4.79 Å². The first kappa shape index (κ1) is 27.4. The van der Waals surface area contributed by atoms with Gasteiger partial charge in [-0.2, -0.15) is 5.10 Å². The fourth-order valence-electron chi connectivity index (χ4n) is 5.38. The molecule has 2 atom stereocenters. The van der Waals surface area contributed by atoms with Crippen molar-refractivity contribution in [2.75, 3.05) is 39.6 Å². The van der Waals surface area contributed by atoms with Crippen LogP contribution in [0.2, 0.25) is 10.0 Å². The minimum Gasteiger partial charge on any atom is -0.379 e. The van der Waals surface area contributed by atoms with Crippen LogP contribution < -0.4 is 11.1 Å². The van der Waals surface area contributed by atoms with Crippen LogP contribution in [0.3, 0.4) is 0 Å². The monoisotopic (exact) mass is 563 g/mol. The van der Waals surface area contributed by atoms with E-state index in [1.165, 1.54) is 5.69 Å². The average molecular weight is 565 g/mol. The number of benzene rings is 1. The van der Waals surface area contributed by atoms with Crippen LogP contribution in [-0.4, -0.2) is 65.9 Å². The van der Waals surface area contributed by atoms with E-state index >= 15 is 0 Å². The van der Waals surface area contributed by atoms with Crippen molar-refractivity contribution >= 4 is 40.0 Å². The van der Waals surface area contributed by atoms with Crippen LogP contribution in [0.1, 0.15) is 44.0 Å². The zero-order valence-electron chi connectivity index (χ0n) is 21.5. The molecular weight excluding hydrogens is 529 g/mol. The van der Waals surface area contributed by atoms with Crippen LogP contribution in [0.25, 0.3) is 22.0 Å². The summed E-state index contributed by atoms with van der Waals surface area (Å²) in [5.41, 5.74) is 9.62. The molecule has 1 saturated heterocycles. The summed E-state index contributed by atoms with van der Waals surface area (Å²) in [5.74, 6) is -0.0316. The highest BCUT2D eigenvalue weighted by molar-refractivity contribution is 6.45. The normalized spacial score (nSPS) is 19.6. The smallest absolute Gasteiger partial charge is 0.222 e. The number of carbonyl (C=O) groups excluding carboxylic acids is 1. The largest absolute Gasteiger partial charge is 0.379 e. The highest BCUT2D eigenvalue weighted by Crippen LogP contribution is 2.43. The van der Waals surface area contributed by atoms with Crippen LogP contribution in [0.5, 0.6) is 0 Å². The first-order valence-electron chi connectivity index (χ1n) is 13.4. The number of ether oxygens (including phenoxy) is 3. The van der Waals surface area contributed by atoms with Crippen molar-refractivity contribution < 1.29 is 19.0 Å². The van der Waals surface area contributed by atoms with Gasteiger partial charge in [-0.1, -0.05) is 29.3 Å². The van der Waals surface area contributed by atoms with Gasteiger partial charge < -0.3 is 29.8 Å². The van der Waals surface area contributed by atoms with Crippen LogP contribution in [0.4, 0.5) is 0 Å². The fourth-order valence-corrected chi connectivity index (χ4v) is 5.80. The van der Waals surface area contributed by atoms with Gasteiger partial charge >= 0.3 is 0 Å². The maximum atomic E-state index is 12.6. The van der Waals surface area contributed by atoms with Crippen molar-refractivity contribution in [3.05, 3.63) is 40.3 Å². The molecule has 5 rings (SSSR count). The molecule has 0 spiro atoms. The lowest BCUT2D eigenvalue weighted by atomic mass is 9.99. The number of amides is 1. The zero-order valence-corrected chi connectivity index (χ0v) is 23.0. The van der Waals surface area contributed by atoms with Gasteiger partial charge in [-0.15, -0.1) is 0 Å². The molecule has 0 radical (unpaired) electrons. The third kappa shape index (κ3) is 6.03. The molecule has 0 aliphatic carbocycles. The van der Waals surface area contributed by atoms with E-state index in [0.29, 0.717) is 56.0 Å². The third-order valence-corrected chi connectivity index (χ3v) is 7.96. The van der Waals surface area contributed by atoms with E-state index in [9.17, 15) is 4.79 Å². The van der Waals surface area contributed by atoms with Crippen molar-refractivity contribution in [3.63, 3.8) is 0 Å². The van der Waals surface area contributed by atoms with Gasteiger partial charge in [0.05, 0.1) is 48.2 Å². The zero-order chi connectivity index (χ0) is 26.5. The number of halogens is 2. The van der Waals surface area contributed by atoms with Gasteiger partial charge in [0.25, 0.3) is 0 Å². The predicted octanol–water partition coefficient (Wildman–Crippen LogP) is 4.32. The Labute approximate surface area is 232 Å². The molecule has 2 aliphatic rings. The molecule has 206 valence electrons. The molecule has 2 unspecified atom stereocenters. The lowest BCUT2D eigenvalue weighted by Crippen LogP contribution is -2.41. The Morgan fingerprint density at radius 2 is 2.00 bits per heavy atom. The number of rotatable bonds is 11. The summed E-state index contributed by atoms with van der Waals surface area (Å²) < 4.78 is 20.9.